The van der Waals surface area contributed by atoms with Gasteiger partial charge in [0.2, 0.25) is 5.91 Å². The van der Waals surface area contributed by atoms with Crippen LogP contribution in [0, 0.1) is 0 Å². The fourth-order valence-electron chi connectivity index (χ4n) is 10.2. The number of aliphatic hydroxyl groups excluding tert-OH is 2. The van der Waals surface area contributed by atoms with Gasteiger partial charge in [0.05, 0.1) is 25.4 Å². The van der Waals surface area contributed by atoms with E-state index in [1.165, 1.54) is 283 Å². The largest absolute Gasteiger partial charge is 0.466 e. The average Bonchev–Trinajstić information content (AvgIpc) is 3.36. The molecule has 0 aliphatic heterocycles. The molecule has 2 atom stereocenters. The number of amides is 1. The Morgan fingerprint density at radius 3 is 1.01 bits per heavy atom. The first kappa shape index (κ1) is 68.6. The predicted octanol–water partition coefficient (Wildman–Crippen LogP) is 20.0. The zero-order valence-electron chi connectivity index (χ0n) is 47.5. The van der Waals surface area contributed by atoms with Gasteiger partial charge in [-0.15, -0.1) is 0 Å². The van der Waals surface area contributed by atoms with E-state index in [0.717, 1.165) is 44.9 Å². The van der Waals surface area contributed by atoms with Gasteiger partial charge in [0.25, 0.3) is 0 Å². The Morgan fingerprint density at radius 2 is 0.671 bits per heavy atom. The summed E-state index contributed by atoms with van der Waals surface area (Å²) < 4.78 is 5.50. The Bertz CT molecular complexity index is 1050. The van der Waals surface area contributed by atoms with Gasteiger partial charge >= 0.3 is 5.97 Å². The first-order valence-electron chi connectivity index (χ1n) is 31.9. The van der Waals surface area contributed by atoms with Crippen LogP contribution in [-0.2, 0) is 14.3 Å². The van der Waals surface area contributed by atoms with Crippen LogP contribution in [0.25, 0.3) is 0 Å². The van der Waals surface area contributed by atoms with E-state index in [4.69, 9.17) is 4.74 Å². The minimum atomic E-state index is -0.661. The molecule has 0 saturated carbocycles. The quantitative estimate of drug-likeness (QED) is 0.0321. The zero-order chi connectivity index (χ0) is 50.7. The van der Waals surface area contributed by atoms with Gasteiger partial charge in [-0.25, -0.2) is 0 Å². The van der Waals surface area contributed by atoms with Crippen molar-refractivity contribution in [2.45, 2.75) is 373 Å². The molecule has 0 bridgehead atoms. The molecule has 0 aromatic carbocycles. The van der Waals surface area contributed by atoms with Crippen molar-refractivity contribution in [1.29, 1.82) is 0 Å². The lowest BCUT2D eigenvalue weighted by molar-refractivity contribution is -0.143. The topological polar surface area (TPSA) is 95.9 Å². The number of nitrogens with one attached hydrogen (secondary N) is 1. The van der Waals surface area contributed by atoms with Crippen LogP contribution in [-0.4, -0.2) is 47.4 Å². The molecular weight excluding hydrogens is 863 g/mol. The summed E-state index contributed by atoms with van der Waals surface area (Å²) in [5, 5.41) is 23.2. The summed E-state index contributed by atoms with van der Waals surface area (Å²) in [4.78, 5) is 24.5. The molecule has 0 spiro atoms. The summed E-state index contributed by atoms with van der Waals surface area (Å²) >= 11 is 0. The molecule has 3 N–H and O–H groups in total. The van der Waals surface area contributed by atoms with E-state index >= 15 is 0 Å². The molecule has 0 aromatic heterocycles. The monoisotopic (exact) mass is 988 g/mol. The second-order valence-corrected chi connectivity index (χ2v) is 22.1. The molecule has 0 aromatic rings. The van der Waals surface area contributed by atoms with Gasteiger partial charge in [-0.1, -0.05) is 309 Å². The van der Waals surface area contributed by atoms with E-state index in [0.29, 0.717) is 25.9 Å². The smallest absolute Gasteiger partial charge is 0.305 e. The Hall–Kier alpha value is -1.40. The highest BCUT2D eigenvalue weighted by atomic mass is 16.5. The van der Waals surface area contributed by atoms with Crippen LogP contribution in [0.4, 0.5) is 0 Å². The van der Waals surface area contributed by atoms with Gasteiger partial charge in [-0.2, -0.15) is 0 Å². The van der Waals surface area contributed by atoms with Gasteiger partial charge < -0.3 is 20.3 Å². The lowest BCUT2D eigenvalue weighted by atomic mass is 10.0. The summed E-state index contributed by atoms with van der Waals surface area (Å²) in [7, 11) is 0. The average molecular weight is 989 g/mol. The molecule has 0 fully saturated rings. The van der Waals surface area contributed by atoms with Crippen molar-refractivity contribution < 1.29 is 24.5 Å². The molecule has 2 unspecified atom stereocenters. The first-order valence-corrected chi connectivity index (χ1v) is 31.9. The number of esters is 1. The lowest BCUT2D eigenvalue weighted by Gasteiger charge is -2.22. The summed E-state index contributed by atoms with van der Waals surface area (Å²) in [6.07, 6.45) is 72.4. The van der Waals surface area contributed by atoms with Gasteiger partial charge in [0, 0.05) is 12.8 Å². The SMILES string of the molecule is CCCCCCCCC/C=C\CCCCCCCCCC(=O)OCCCCCCCCCCCCCCCCCCCCCCCCCCC(=O)NC(CO)C(O)CCCCCCCCCCCCC. The van der Waals surface area contributed by atoms with Crippen molar-refractivity contribution in [2.75, 3.05) is 13.2 Å². The van der Waals surface area contributed by atoms with Crippen LogP contribution in [0.2, 0.25) is 0 Å². The molecule has 0 rings (SSSR count). The number of ether oxygens (including phenoxy) is 1. The summed E-state index contributed by atoms with van der Waals surface area (Å²) in [5.74, 6) is -0.0199. The van der Waals surface area contributed by atoms with Gasteiger partial charge in [-0.05, 0) is 51.4 Å². The molecule has 0 heterocycles. The molecule has 0 aliphatic carbocycles. The minimum absolute atomic E-state index is 0.0132. The third-order valence-corrected chi connectivity index (χ3v) is 15.1. The Kier molecular flexibility index (Phi) is 59.0. The molecule has 6 nitrogen and oxygen atoms in total. The second kappa shape index (κ2) is 60.2. The van der Waals surface area contributed by atoms with Crippen molar-refractivity contribution in [1.82, 2.24) is 5.32 Å². The number of hydrogen-bond donors (Lipinski definition) is 3. The normalized spacial score (nSPS) is 12.6. The first-order chi connectivity index (χ1) is 34.5. The maximum Gasteiger partial charge on any atom is 0.305 e. The number of carbonyl (C=O) groups excluding carboxylic acids is 2. The molecule has 1 amide bonds. The third kappa shape index (κ3) is 55.9. The minimum Gasteiger partial charge on any atom is -0.466 e. The fraction of sp³-hybridized carbons (Fsp3) is 0.938. The number of hydrogen-bond acceptors (Lipinski definition) is 5. The van der Waals surface area contributed by atoms with Crippen LogP contribution < -0.4 is 5.32 Å². The Balaban J connectivity index is 3.33. The molecule has 6 heteroatoms. The molecule has 0 radical (unpaired) electrons. The van der Waals surface area contributed by atoms with Gasteiger partial charge in [-0.3, -0.25) is 9.59 Å². The number of allylic oxidation sites excluding steroid dienone is 2. The number of aliphatic hydroxyl groups is 2. The molecule has 0 aliphatic rings. The molecule has 0 saturated heterocycles. The summed E-state index contributed by atoms with van der Waals surface area (Å²) in [5.41, 5.74) is 0. The van der Waals surface area contributed by atoms with E-state index in [1.54, 1.807) is 0 Å². The van der Waals surface area contributed by atoms with E-state index in [2.05, 4.69) is 31.3 Å². The number of unbranched alkanes of at least 4 members (excludes halogenated alkanes) is 47. The van der Waals surface area contributed by atoms with E-state index < -0.39 is 12.1 Å². The van der Waals surface area contributed by atoms with Crippen molar-refractivity contribution >= 4 is 11.9 Å². The van der Waals surface area contributed by atoms with Crippen molar-refractivity contribution in [3.05, 3.63) is 12.2 Å². The summed E-state index contributed by atoms with van der Waals surface area (Å²) in [6, 6.07) is -0.538. The molecular formula is C64H125NO5. The zero-order valence-corrected chi connectivity index (χ0v) is 47.5. The summed E-state index contributed by atoms with van der Waals surface area (Å²) in [6.45, 7) is 4.96. The predicted molar refractivity (Wildman–Crippen MR) is 306 cm³/mol. The van der Waals surface area contributed by atoms with Crippen LogP contribution in [0.1, 0.15) is 361 Å². The van der Waals surface area contributed by atoms with Crippen molar-refractivity contribution in [3.63, 3.8) is 0 Å². The third-order valence-electron chi connectivity index (χ3n) is 15.1. The van der Waals surface area contributed by atoms with Crippen molar-refractivity contribution in [3.8, 4) is 0 Å². The van der Waals surface area contributed by atoms with E-state index in [9.17, 15) is 19.8 Å². The second-order valence-electron chi connectivity index (χ2n) is 22.1. The molecule has 416 valence electrons. The molecule has 70 heavy (non-hydrogen) atoms. The maximum absolute atomic E-state index is 12.4. The van der Waals surface area contributed by atoms with Crippen LogP contribution in [0.15, 0.2) is 12.2 Å². The standard InChI is InChI=1S/C64H125NO5/c1-3-5-7-9-11-13-15-16-17-18-28-31-34-38-42-46-50-54-58-64(69)70-59-55-51-47-43-39-35-32-29-26-24-22-20-19-21-23-25-27-30-33-37-41-45-49-53-57-63(68)65-61(60-66)62(67)56-52-48-44-40-36-14-12-10-8-6-4-2/h17-18,61-62,66-67H,3-16,19-60H2,1-2H3,(H,65,68)/b18-17-. The van der Waals surface area contributed by atoms with Gasteiger partial charge in [0.1, 0.15) is 0 Å². The highest BCUT2D eigenvalue weighted by Gasteiger charge is 2.20. The number of carbonyl (C=O) groups is 2. The lowest BCUT2D eigenvalue weighted by Crippen LogP contribution is -2.45. The van der Waals surface area contributed by atoms with Gasteiger partial charge in [0.15, 0.2) is 0 Å². The van der Waals surface area contributed by atoms with E-state index in [-0.39, 0.29) is 18.5 Å². The van der Waals surface area contributed by atoms with E-state index in [1.807, 2.05) is 0 Å². The Morgan fingerprint density at radius 1 is 0.386 bits per heavy atom. The Labute approximate surface area is 438 Å². The fourth-order valence-corrected chi connectivity index (χ4v) is 10.2. The highest BCUT2D eigenvalue weighted by molar-refractivity contribution is 5.76. The van der Waals surface area contributed by atoms with Crippen LogP contribution in [0.5, 0.6) is 0 Å². The number of rotatable bonds is 60. The van der Waals surface area contributed by atoms with Crippen LogP contribution in [0.3, 0.4) is 0 Å². The maximum atomic E-state index is 12.4. The highest BCUT2D eigenvalue weighted by Crippen LogP contribution is 2.18. The van der Waals surface area contributed by atoms with Crippen LogP contribution >= 0.6 is 0 Å². The van der Waals surface area contributed by atoms with Crippen molar-refractivity contribution in [2.24, 2.45) is 0 Å².